The molecule has 2 aliphatic rings. The molecule has 0 aromatic heterocycles. The van der Waals surface area contributed by atoms with Gasteiger partial charge in [-0.25, -0.2) is 0 Å². The number of nitrogens with zero attached hydrogens (tertiary/aromatic N) is 2. The number of aliphatic carboxylic acids is 1. The lowest BCUT2D eigenvalue weighted by Gasteiger charge is -2.39. The maximum atomic E-state index is 12.8. The summed E-state index contributed by atoms with van der Waals surface area (Å²) in [5, 5.41) is 9.25. The normalized spacial score (nSPS) is 28.5. The number of carboxylic acids is 1. The Balaban J connectivity index is 1.98. The second kappa shape index (κ2) is 7.79. The van der Waals surface area contributed by atoms with Crippen LogP contribution in [0.15, 0.2) is 0 Å². The molecule has 2 rings (SSSR count). The van der Waals surface area contributed by atoms with Crippen LogP contribution in [0.3, 0.4) is 0 Å². The molecule has 0 spiro atoms. The molecule has 0 aliphatic carbocycles. The smallest absolute Gasteiger partial charge is 0.308 e. The Morgan fingerprint density at radius 2 is 1.78 bits per heavy atom. The van der Waals surface area contributed by atoms with Crippen LogP contribution in [0.25, 0.3) is 0 Å². The van der Waals surface area contributed by atoms with Crippen molar-refractivity contribution in [1.82, 2.24) is 9.80 Å². The summed E-state index contributed by atoms with van der Waals surface area (Å²) in [6.45, 7) is 6.12. The molecule has 3 unspecified atom stereocenters. The number of rotatable bonds is 4. The molecule has 0 bridgehead atoms. The first-order chi connectivity index (χ1) is 10.9. The van der Waals surface area contributed by atoms with Crippen molar-refractivity contribution in [3.8, 4) is 0 Å². The Morgan fingerprint density at radius 3 is 2.43 bits per heavy atom. The van der Waals surface area contributed by atoms with E-state index in [1.54, 1.807) is 9.80 Å². The number of amides is 2. The minimum Gasteiger partial charge on any atom is -0.481 e. The number of carbonyl (C=O) groups excluding carboxylic acids is 2. The van der Waals surface area contributed by atoms with Crippen molar-refractivity contribution in [3.05, 3.63) is 0 Å². The van der Waals surface area contributed by atoms with E-state index in [9.17, 15) is 19.5 Å². The lowest BCUT2D eigenvalue weighted by atomic mass is 9.88. The molecule has 1 N–H and O–H groups in total. The fourth-order valence-corrected chi connectivity index (χ4v) is 3.75. The quantitative estimate of drug-likeness (QED) is 0.852. The van der Waals surface area contributed by atoms with Crippen molar-refractivity contribution in [2.75, 3.05) is 26.2 Å². The molecule has 6 heteroatoms. The van der Waals surface area contributed by atoms with Crippen molar-refractivity contribution in [2.24, 2.45) is 17.8 Å². The topological polar surface area (TPSA) is 77.9 Å². The standard InChI is InChI=1S/C17H28N2O4/c1-3-5-15(20)18-7-4-6-13(10-18)16(21)19-9-12(2)8-14(11-19)17(22)23/h12-14H,3-11H2,1-2H3,(H,22,23). The van der Waals surface area contributed by atoms with Crippen molar-refractivity contribution in [3.63, 3.8) is 0 Å². The number of carbonyl (C=O) groups is 3. The molecule has 0 radical (unpaired) electrons. The number of carboxylic acid groups (broad SMARTS) is 1. The van der Waals surface area contributed by atoms with E-state index in [0.717, 1.165) is 25.8 Å². The Labute approximate surface area is 137 Å². The van der Waals surface area contributed by atoms with Gasteiger partial charge in [0.15, 0.2) is 0 Å². The van der Waals surface area contributed by atoms with Gasteiger partial charge in [-0.3, -0.25) is 14.4 Å². The van der Waals surface area contributed by atoms with Gasteiger partial charge in [-0.15, -0.1) is 0 Å². The minimum absolute atomic E-state index is 0.0248. The first kappa shape index (κ1) is 17.8. The minimum atomic E-state index is -0.822. The summed E-state index contributed by atoms with van der Waals surface area (Å²) in [5.41, 5.74) is 0. The van der Waals surface area contributed by atoms with Crippen molar-refractivity contribution >= 4 is 17.8 Å². The van der Waals surface area contributed by atoms with Crippen LogP contribution in [0, 0.1) is 17.8 Å². The highest BCUT2D eigenvalue weighted by Crippen LogP contribution is 2.26. The number of likely N-dealkylation sites (tertiary alicyclic amines) is 2. The number of piperidine rings is 2. The largest absolute Gasteiger partial charge is 0.481 e. The first-order valence-electron chi connectivity index (χ1n) is 8.71. The van der Waals surface area contributed by atoms with Crippen molar-refractivity contribution in [1.29, 1.82) is 0 Å². The molecule has 2 saturated heterocycles. The zero-order chi connectivity index (χ0) is 17.0. The van der Waals surface area contributed by atoms with Crippen molar-refractivity contribution < 1.29 is 19.5 Å². The van der Waals surface area contributed by atoms with Gasteiger partial charge in [0.25, 0.3) is 0 Å². The molecule has 2 aliphatic heterocycles. The SMILES string of the molecule is CCCC(=O)N1CCCC(C(=O)N2CC(C)CC(C(=O)O)C2)C1. The van der Waals surface area contributed by atoms with E-state index in [0.29, 0.717) is 32.5 Å². The summed E-state index contributed by atoms with van der Waals surface area (Å²) < 4.78 is 0. The van der Waals surface area contributed by atoms with E-state index < -0.39 is 11.9 Å². The summed E-state index contributed by atoms with van der Waals surface area (Å²) in [5.74, 6) is -1.11. The van der Waals surface area contributed by atoms with Gasteiger partial charge in [0.2, 0.25) is 11.8 Å². The van der Waals surface area contributed by atoms with E-state index in [-0.39, 0.29) is 23.7 Å². The third kappa shape index (κ3) is 4.45. The average molecular weight is 324 g/mol. The third-order valence-electron chi connectivity index (χ3n) is 4.91. The van der Waals surface area contributed by atoms with Crippen LogP contribution in [0.4, 0.5) is 0 Å². The van der Waals surface area contributed by atoms with Gasteiger partial charge in [-0.05, 0) is 31.6 Å². The fourth-order valence-electron chi connectivity index (χ4n) is 3.75. The van der Waals surface area contributed by atoms with E-state index in [1.807, 2.05) is 13.8 Å². The number of hydrogen-bond donors (Lipinski definition) is 1. The monoisotopic (exact) mass is 324 g/mol. The highest BCUT2D eigenvalue weighted by atomic mass is 16.4. The predicted octanol–water partition coefficient (Wildman–Crippen LogP) is 1.59. The van der Waals surface area contributed by atoms with Crippen LogP contribution in [-0.4, -0.2) is 58.9 Å². The van der Waals surface area contributed by atoms with Crippen LogP contribution >= 0.6 is 0 Å². The van der Waals surface area contributed by atoms with Gasteiger partial charge < -0.3 is 14.9 Å². The highest BCUT2D eigenvalue weighted by molar-refractivity contribution is 5.82. The maximum Gasteiger partial charge on any atom is 0.308 e. The van der Waals surface area contributed by atoms with Crippen LogP contribution in [0.1, 0.15) is 46.0 Å². The molecule has 2 fully saturated rings. The molecule has 23 heavy (non-hydrogen) atoms. The van der Waals surface area contributed by atoms with Gasteiger partial charge in [0, 0.05) is 32.6 Å². The highest BCUT2D eigenvalue weighted by Gasteiger charge is 2.36. The Morgan fingerprint density at radius 1 is 1.09 bits per heavy atom. The molecule has 0 aromatic rings. The second-order valence-electron chi connectivity index (χ2n) is 7.05. The third-order valence-corrected chi connectivity index (χ3v) is 4.91. The summed E-state index contributed by atoms with van der Waals surface area (Å²) in [6, 6.07) is 0. The molecular weight excluding hydrogens is 296 g/mol. The van der Waals surface area contributed by atoms with Gasteiger partial charge in [-0.1, -0.05) is 13.8 Å². The zero-order valence-corrected chi connectivity index (χ0v) is 14.2. The van der Waals surface area contributed by atoms with Crippen LogP contribution < -0.4 is 0 Å². The molecule has 2 amide bonds. The predicted molar refractivity (Wildman–Crippen MR) is 85.7 cm³/mol. The van der Waals surface area contributed by atoms with Gasteiger partial charge >= 0.3 is 5.97 Å². The summed E-state index contributed by atoms with van der Waals surface area (Å²) >= 11 is 0. The van der Waals surface area contributed by atoms with Crippen LogP contribution in [0.5, 0.6) is 0 Å². The van der Waals surface area contributed by atoms with Gasteiger partial charge in [-0.2, -0.15) is 0 Å². The van der Waals surface area contributed by atoms with Gasteiger partial charge in [0.1, 0.15) is 0 Å². The Bertz CT molecular complexity index is 466. The van der Waals surface area contributed by atoms with Crippen molar-refractivity contribution in [2.45, 2.75) is 46.0 Å². The molecule has 3 atom stereocenters. The molecule has 0 saturated carbocycles. The van der Waals surface area contributed by atoms with Crippen LogP contribution in [-0.2, 0) is 14.4 Å². The molecule has 2 heterocycles. The molecular formula is C17H28N2O4. The molecule has 6 nitrogen and oxygen atoms in total. The lowest BCUT2D eigenvalue weighted by molar-refractivity contribution is -0.149. The van der Waals surface area contributed by atoms with E-state index >= 15 is 0 Å². The number of hydrogen-bond acceptors (Lipinski definition) is 3. The Kier molecular flexibility index (Phi) is 6.02. The van der Waals surface area contributed by atoms with Gasteiger partial charge in [0.05, 0.1) is 11.8 Å². The van der Waals surface area contributed by atoms with Crippen LogP contribution in [0.2, 0.25) is 0 Å². The summed E-state index contributed by atoms with van der Waals surface area (Å²) in [7, 11) is 0. The lowest BCUT2D eigenvalue weighted by Crippen LogP contribution is -2.51. The maximum absolute atomic E-state index is 12.8. The van der Waals surface area contributed by atoms with E-state index in [1.165, 1.54) is 0 Å². The summed E-state index contributed by atoms with van der Waals surface area (Å²) in [6.07, 6.45) is 3.61. The zero-order valence-electron chi connectivity index (χ0n) is 14.2. The average Bonchev–Trinajstić information content (AvgIpc) is 2.54. The Hall–Kier alpha value is -1.59. The van der Waals surface area contributed by atoms with E-state index in [2.05, 4.69) is 0 Å². The summed E-state index contributed by atoms with van der Waals surface area (Å²) in [4.78, 5) is 39.6. The molecule has 0 aromatic carbocycles. The first-order valence-corrected chi connectivity index (χ1v) is 8.71. The second-order valence-corrected chi connectivity index (χ2v) is 7.05. The molecule has 130 valence electrons. The van der Waals surface area contributed by atoms with E-state index in [4.69, 9.17) is 0 Å². The fraction of sp³-hybridized carbons (Fsp3) is 0.824.